The number of methoxy groups -OCH3 is 1. The van der Waals surface area contributed by atoms with Crippen LogP contribution in [0.25, 0.3) is 0 Å². The van der Waals surface area contributed by atoms with E-state index in [1.165, 1.54) is 0 Å². The number of oxime groups is 1. The standard InChI is InChI=1S/C14H23NO5/c1-12-8-13(7-11(12)15-16,9-18-10-17-2)3-4-14(12)19-5-6-20-14/h16H,3-10H2,1-2H3/b15-11+/t12-,13+/m1/s1. The number of fused-ring (bicyclic) bond motifs is 3. The van der Waals surface area contributed by atoms with Gasteiger partial charge in [0.05, 0.1) is 30.9 Å². The van der Waals surface area contributed by atoms with Gasteiger partial charge in [-0.2, -0.15) is 0 Å². The molecule has 2 saturated carbocycles. The second-order valence-corrected chi connectivity index (χ2v) is 6.44. The van der Waals surface area contributed by atoms with Crippen molar-refractivity contribution in [1.29, 1.82) is 0 Å². The van der Waals surface area contributed by atoms with Crippen molar-refractivity contribution in [2.45, 2.75) is 38.4 Å². The lowest BCUT2D eigenvalue weighted by Gasteiger charge is -2.47. The summed E-state index contributed by atoms with van der Waals surface area (Å²) in [5, 5.41) is 13.0. The zero-order valence-electron chi connectivity index (χ0n) is 12.2. The molecule has 2 bridgehead atoms. The molecule has 0 amide bonds. The van der Waals surface area contributed by atoms with E-state index in [1.54, 1.807) is 7.11 Å². The SMILES string of the molecule is COCOC[C@]12CCC3(OCCO3)[C@](C)(C1)/C(=N/O)C2. The van der Waals surface area contributed by atoms with Crippen molar-refractivity contribution in [3.63, 3.8) is 0 Å². The van der Waals surface area contributed by atoms with Crippen molar-refractivity contribution >= 4 is 5.71 Å². The number of nitrogens with zero attached hydrogens (tertiary/aromatic N) is 1. The molecule has 1 N–H and O–H groups in total. The van der Waals surface area contributed by atoms with Gasteiger partial charge in [0.1, 0.15) is 6.79 Å². The molecule has 114 valence electrons. The van der Waals surface area contributed by atoms with Crippen LogP contribution < -0.4 is 0 Å². The molecule has 2 aliphatic carbocycles. The summed E-state index contributed by atoms with van der Waals surface area (Å²) in [4.78, 5) is 0. The minimum absolute atomic E-state index is 0.00933. The third kappa shape index (κ3) is 1.89. The van der Waals surface area contributed by atoms with Crippen LogP contribution in [0.1, 0.15) is 32.6 Å². The first-order valence-corrected chi connectivity index (χ1v) is 7.16. The Hall–Kier alpha value is -0.690. The van der Waals surface area contributed by atoms with Gasteiger partial charge >= 0.3 is 0 Å². The molecule has 1 saturated heterocycles. The molecule has 20 heavy (non-hydrogen) atoms. The predicted octanol–water partition coefficient (Wildman–Crippen LogP) is 1.76. The third-order valence-corrected chi connectivity index (χ3v) is 5.22. The summed E-state index contributed by atoms with van der Waals surface area (Å²) in [6.45, 7) is 4.22. The van der Waals surface area contributed by atoms with Crippen LogP contribution in [-0.4, -0.2) is 50.4 Å². The molecule has 0 radical (unpaired) electrons. The fourth-order valence-electron chi connectivity index (χ4n) is 4.28. The molecule has 0 aromatic carbocycles. The first-order valence-electron chi connectivity index (χ1n) is 7.16. The van der Waals surface area contributed by atoms with E-state index in [9.17, 15) is 5.21 Å². The molecule has 3 fully saturated rings. The van der Waals surface area contributed by atoms with Crippen molar-refractivity contribution in [3.8, 4) is 0 Å². The second-order valence-electron chi connectivity index (χ2n) is 6.44. The molecular weight excluding hydrogens is 262 g/mol. The number of ether oxygens (including phenoxy) is 4. The third-order valence-electron chi connectivity index (χ3n) is 5.22. The van der Waals surface area contributed by atoms with Gasteiger partial charge in [-0.05, 0) is 26.2 Å². The van der Waals surface area contributed by atoms with Gasteiger partial charge in [0.15, 0.2) is 5.79 Å². The normalized spacial score (nSPS) is 40.8. The Balaban J connectivity index is 1.85. The van der Waals surface area contributed by atoms with Gasteiger partial charge in [0.25, 0.3) is 0 Å². The number of rotatable bonds is 4. The van der Waals surface area contributed by atoms with Crippen LogP contribution in [0.4, 0.5) is 0 Å². The van der Waals surface area contributed by atoms with Crippen LogP contribution in [0.3, 0.4) is 0 Å². The highest BCUT2D eigenvalue weighted by molar-refractivity contribution is 5.93. The number of hydrogen-bond donors (Lipinski definition) is 1. The van der Waals surface area contributed by atoms with Gasteiger partial charge in [-0.3, -0.25) is 0 Å². The Morgan fingerprint density at radius 3 is 2.70 bits per heavy atom. The zero-order valence-corrected chi connectivity index (χ0v) is 12.2. The van der Waals surface area contributed by atoms with E-state index in [-0.39, 0.29) is 10.8 Å². The van der Waals surface area contributed by atoms with Crippen molar-refractivity contribution in [1.82, 2.24) is 0 Å². The average Bonchev–Trinajstić information content (AvgIpc) is 3.00. The second kappa shape index (κ2) is 4.94. The summed E-state index contributed by atoms with van der Waals surface area (Å²) < 4.78 is 22.4. The predicted molar refractivity (Wildman–Crippen MR) is 70.7 cm³/mol. The van der Waals surface area contributed by atoms with E-state index in [0.29, 0.717) is 26.6 Å². The van der Waals surface area contributed by atoms with Crippen molar-refractivity contribution in [2.75, 3.05) is 33.7 Å². The van der Waals surface area contributed by atoms with Crippen LogP contribution in [0.2, 0.25) is 0 Å². The fraction of sp³-hybridized carbons (Fsp3) is 0.929. The van der Waals surface area contributed by atoms with Crippen LogP contribution in [0.5, 0.6) is 0 Å². The van der Waals surface area contributed by atoms with E-state index in [2.05, 4.69) is 12.1 Å². The lowest BCUT2D eigenvalue weighted by molar-refractivity contribution is -0.240. The molecular formula is C14H23NO5. The maximum atomic E-state index is 9.42. The summed E-state index contributed by atoms with van der Waals surface area (Å²) in [6, 6.07) is 0. The molecule has 1 aliphatic heterocycles. The van der Waals surface area contributed by atoms with Crippen molar-refractivity contribution in [2.24, 2.45) is 16.0 Å². The van der Waals surface area contributed by atoms with E-state index in [0.717, 1.165) is 31.4 Å². The van der Waals surface area contributed by atoms with Gasteiger partial charge in [0.2, 0.25) is 0 Å². The van der Waals surface area contributed by atoms with E-state index >= 15 is 0 Å². The van der Waals surface area contributed by atoms with Crippen molar-refractivity contribution < 1.29 is 24.2 Å². The summed E-state index contributed by atoms with van der Waals surface area (Å²) in [5.41, 5.74) is 0.417. The summed E-state index contributed by atoms with van der Waals surface area (Å²) in [7, 11) is 1.62. The topological polar surface area (TPSA) is 69.5 Å². The Bertz CT molecular complexity index is 406. The Morgan fingerprint density at radius 1 is 1.30 bits per heavy atom. The van der Waals surface area contributed by atoms with E-state index < -0.39 is 5.79 Å². The van der Waals surface area contributed by atoms with Crippen LogP contribution in [0.15, 0.2) is 5.16 Å². The molecule has 1 spiro atoms. The van der Waals surface area contributed by atoms with E-state index in [1.807, 2.05) is 0 Å². The zero-order chi connectivity index (χ0) is 14.3. The van der Waals surface area contributed by atoms with Crippen LogP contribution in [-0.2, 0) is 18.9 Å². The molecule has 0 aromatic rings. The molecule has 6 heteroatoms. The molecule has 3 aliphatic rings. The average molecular weight is 285 g/mol. The summed E-state index contributed by atoms with van der Waals surface area (Å²) in [5.74, 6) is -0.615. The first kappa shape index (κ1) is 14.3. The largest absolute Gasteiger partial charge is 0.411 e. The van der Waals surface area contributed by atoms with E-state index in [4.69, 9.17) is 18.9 Å². The first-order chi connectivity index (χ1) is 9.60. The molecule has 0 aromatic heterocycles. The van der Waals surface area contributed by atoms with Gasteiger partial charge in [-0.15, -0.1) is 0 Å². The molecule has 1 heterocycles. The van der Waals surface area contributed by atoms with Gasteiger partial charge in [0, 0.05) is 18.9 Å². The molecule has 6 nitrogen and oxygen atoms in total. The number of hydrogen-bond acceptors (Lipinski definition) is 6. The molecule has 2 atom stereocenters. The van der Waals surface area contributed by atoms with Gasteiger partial charge in [-0.1, -0.05) is 5.16 Å². The maximum Gasteiger partial charge on any atom is 0.179 e. The quantitative estimate of drug-likeness (QED) is 0.369. The fourth-order valence-corrected chi connectivity index (χ4v) is 4.28. The Labute approximate surface area is 119 Å². The Morgan fingerprint density at radius 2 is 2.05 bits per heavy atom. The maximum absolute atomic E-state index is 9.42. The van der Waals surface area contributed by atoms with Crippen LogP contribution >= 0.6 is 0 Å². The lowest BCUT2D eigenvalue weighted by Crippen LogP contribution is -2.53. The van der Waals surface area contributed by atoms with Gasteiger partial charge < -0.3 is 24.2 Å². The van der Waals surface area contributed by atoms with Crippen LogP contribution in [0, 0.1) is 10.8 Å². The highest BCUT2D eigenvalue weighted by Crippen LogP contribution is 2.63. The Kier molecular flexibility index (Phi) is 3.52. The highest BCUT2D eigenvalue weighted by atomic mass is 16.7. The minimum Gasteiger partial charge on any atom is -0.411 e. The smallest absolute Gasteiger partial charge is 0.179 e. The highest BCUT2D eigenvalue weighted by Gasteiger charge is 2.67. The van der Waals surface area contributed by atoms with Gasteiger partial charge in [-0.25, -0.2) is 0 Å². The minimum atomic E-state index is -0.615. The monoisotopic (exact) mass is 285 g/mol. The van der Waals surface area contributed by atoms with Crippen molar-refractivity contribution in [3.05, 3.63) is 0 Å². The molecule has 0 unspecified atom stereocenters. The summed E-state index contributed by atoms with van der Waals surface area (Å²) in [6.07, 6.45) is 3.37. The summed E-state index contributed by atoms with van der Waals surface area (Å²) >= 11 is 0. The molecule has 3 rings (SSSR count). The lowest BCUT2D eigenvalue weighted by atomic mass is 9.66.